The molecule has 0 amide bonds. The second-order valence-electron chi connectivity index (χ2n) is 4.74. The molecule has 0 radical (unpaired) electrons. The molecular weight excluding hydrogens is 308 g/mol. The zero-order valence-electron chi connectivity index (χ0n) is 12.1. The van der Waals surface area contributed by atoms with Crippen LogP contribution in [0.3, 0.4) is 0 Å². The number of hydrogen-bond donors (Lipinski definition) is 1. The van der Waals surface area contributed by atoms with E-state index in [-0.39, 0.29) is 23.5 Å². The van der Waals surface area contributed by atoms with Crippen molar-refractivity contribution in [2.75, 3.05) is 5.32 Å². The first-order valence-corrected chi connectivity index (χ1v) is 7.00. The summed E-state index contributed by atoms with van der Waals surface area (Å²) in [7, 11) is 0. The van der Waals surface area contributed by atoms with Crippen LogP contribution >= 0.6 is 11.6 Å². The van der Waals surface area contributed by atoms with Gasteiger partial charge < -0.3 is 10.1 Å². The van der Waals surface area contributed by atoms with Gasteiger partial charge in [0.05, 0.1) is 11.0 Å². The van der Waals surface area contributed by atoms with E-state index in [2.05, 4.69) is 15.3 Å². The van der Waals surface area contributed by atoms with Gasteiger partial charge in [0.1, 0.15) is 6.33 Å². The van der Waals surface area contributed by atoms with Crippen LogP contribution in [0.1, 0.15) is 19.4 Å². The number of nitrogens with zero attached hydrogens (tertiary/aromatic N) is 3. The standard InChI is InChI=1S/C14H15ClN4O3/c1-9(2)22-14-12(19(20)21)13(17-8-18-14)16-7-10-5-3-4-6-11(10)15/h3-6,8-9H,7H2,1-2H3,(H,16,17,18). The van der Waals surface area contributed by atoms with Crippen molar-refractivity contribution in [3.63, 3.8) is 0 Å². The van der Waals surface area contributed by atoms with Crippen molar-refractivity contribution in [2.24, 2.45) is 0 Å². The second kappa shape index (κ2) is 7.04. The number of anilines is 1. The molecule has 116 valence electrons. The van der Waals surface area contributed by atoms with E-state index in [0.29, 0.717) is 11.6 Å². The molecule has 0 aliphatic carbocycles. The summed E-state index contributed by atoms with van der Waals surface area (Å²) in [4.78, 5) is 18.5. The third-order valence-corrected chi connectivity index (χ3v) is 3.09. The number of aromatic nitrogens is 2. The van der Waals surface area contributed by atoms with Crippen molar-refractivity contribution in [1.29, 1.82) is 0 Å². The lowest BCUT2D eigenvalue weighted by Crippen LogP contribution is -2.12. The lowest BCUT2D eigenvalue weighted by atomic mass is 10.2. The predicted molar refractivity (Wildman–Crippen MR) is 83.2 cm³/mol. The Bertz CT molecular complexity index is 679. The van der Waals surface area contributed by atoms with Crippen molar-refractivity contribution in [3.8, 4) is 5.88 Å². The van der Waals surface area contributed by atoms with E-state index in [1.165, 1.54) is 6.33 Å². The monoisotopic (exact) mass is 322 g/mol. The number of hydrogen-bond acceptors (Lipinski definition) is 6. The molecule has 1 aromatic carbocycles. The molecule has 1 aromatic heterocycles. The highest BCUT2D eigenvalue weighted by Gasteiger charge is 2.25. The quantitative estimate of drug-likeness (QED) is 0.647. The van der Waals surface area contributed by atoms with Crippen molar-refractivity contribution < 1.29 is 9.66 Å². The molecule has 0 atom stereocenters. The first kappa shape index (κ1) is 16.0. The summed E-state index contributed by atoms with van der Waals surface area (Å²) < 4.78 is 5.36. The molecule has 0 aliphatic heterocycles. The molecule has 1 N–H and O–H groups in total. The molecule has 0 bridgehead atoms. The van der Waals surface area contributed by atoms with E-state index in [4.69, 9.17) is 16.3 Å². The first-order valence-electron chi connectivity index (χ1n) is 6.62. The van der Waals surface area contributed by atoms with Gasteiger partial charge in [0.2, 0.25) is 5.82 Å². The predicted octanol–water partition coefficient (Wildman–Crippen LogP) is 3.44. The SMILES string of the molecule is CC(C)Oc1ncnc(NCc2ccccc2Cl)c1[N+](=O)[O-]. The zero-order valence-corrected chi connectivity index (χ0v) is 12.9. The van der Waals surface area contributed by atoms with Gasteiger partial charge in [0.25, 0.3) is 5.88 Å². The van der Waals surface area contributed by atoms with Crippen LogP contribution in [0.2, 0.25) is 5.02 Å². The van der Waals surface area contributed by atoms with Crippen LogP contribution in [-0.2, 0) is 6.54 Å². The normalized spacial score (nSPS) is 10.5. The number of benzene rings is 1. The minimum atomic E-state index is -0.563. The van der Waals surface area contributed by atoms with E-state index in [1.807, 2.05) is 18.2 Å². The Balaban J connectivity index is 2.27. The van der Waals surface area contributed by atoms with E-state index < -0.39 is 4.92 Å². The summed E-state index contributed by atoms with van der Waals surface area (Å²) in [5.74, 6) is 0.0345. The Kier molecular flexibility index (Phi) is 5.11. The second-order valence-corrected chi connectivity index (χ2v) is 5.15. The summed E-state index contributed by atoms with van der Waals surface area (Å²) >= 11 is 6.06. The van der Waals surface area contributed by atoms with Crippen LogP contribution in [0.15, 0.2) is 30.6 Å². The highest BCUT2D eigenvalue weighted by atomic mass is 35.5. The van der Waals surface area contributed by atoms with Crippen molar-refractivity contribution in [2.45, 2.75) is 26.5 Å². The molecule has 0 fully saturated rings. The molecule has 2 rings (SSSR count). The average Bonchev–Trinajstić information content (AvgIpc) is 2.45. The smallest absolute Gasteiger partial charge is 0.372 e. The molecule has 0 unspecified atom stereocenters. The maximum Gasteiger partial charge on any atom is 0.372 e. The molecule has 8 heteroatoms. The molecule has 0 saturated heterocycles. The maximum atomic E-state index is 11.3. The van der Waals surface area contributed by atoms with Crippen LogP contribution in [0.25, 0.3) is 0 Å². The van der Waals surface area contributed by atoms with Gasteiger partial charge in [0, 0.05) is 11.6 Å². The van der Waals surface area contributed by atoms with E-state index >= 15 is 0 Å². The third kappa shape index (κ3) is 3.82. The lowest BCUT2D eigenvalue weighted by Gasteiger charge is -2.11. The van der Waals surface area contributed by atoms with Gasteiger partial charge >= 0.3 is 5.69 Å². The number of nitro groups is 1. The molecule has 0 saturated carbocycles. The minimum absolute atomic E-state index is 0.0586. The van der Waals surface area contributed by atoms with Crippen molar-refractivity contribution in [3.05, 3.63) is 51.3 Å². The van der Waals surface area contributed by atoms with Crippen LogP contribution < -0.4 is 10.1 Å². The van der Waals surface area contributed by atoms with Crippen LogP contribution in [0, 0.1) is 10.1 Å². The van der Waals surface area contributed by atoms with Gasteiger partial charge in [-0.05, 0) is 25.5 Å². The maximum absolute atomic E-state index is 11.3. The first-order chi connectivity index (χ1) is 10.5. The number of nitrogens with one attached hydrogen (secondary N) is 1. The van der Waals surface area contributed by atoms with Gasteiger partial charge in [-0.1, -0.05) is 29.8 Å². The third-order valence-electron chi connectivity index (χ3n) is 2.72. The van der Waals surface area contributed by atoms with Gasteiger partial charge in [-0.3, -0.25) is 10.1 Å². The molecule has 22 heavy (non-hydrogen) atoms. The van der Waals surface area contributed by atoms with E-state index in [0.717, 1.165) is 5.56 Å². The molecule has 1 heterocycles. The highest BCUT2D eigenvalue weighted by Crippen LogP contribution is 2.31. The van der Waals surface area contributed by atoms with E-state index in [9.17, 15) is 10.1 Å². The number of halogens is 1. The summed E-state index contributed by atoms with van der Waals surface area (Å²) in [6, 6.07) is 7.23. The largest absolute Gasteiger partial charge is 0.470 e. The molecule has 7 nitrogen and oxygen atoms in total. The molecule has 0 spiro atoms. The molecular formula is C14H15ClN4O3. The topological polar surface area (TPSA) is 90.2 Å². The van der Waals surface area contributed by atoms with Crippen molar-refractivity contribution >= 4 is 23.1 Å². The Labute approximate surface area is 132 Å². The number of ether oxygens (including phenoxy) is 1. The van der Waals surface area contributed by atoms with Crippen LogP contribution in [-0.4, -0.2) is 21.0 Å². The summed E-state index contributed by atoms with van der Waals surface area (Å²) in [5.41, 5.74) is 0.520. The average molecular weight is 323 g/mol. The van der Waals surface area contributed by atoms with Gasteiger partial charge in [-0.15, -0.1) is 0 Å². The Morgan fingerprint density at radius 2 is 2.09 bits per heavy atom. The fraction of sp³-hybridized carbons (Fsp3) is 0.286. The minimum Gasteiger partial charge on any atom is -0.470 e. The Hall–Kier alpha value is -2.41. The summed E-state index contributed by atoms with van der Waals surface area (Å²) in [6.07, 6.45) is 0.990. The summed E-state index contributed by atoms with van der Waals surface area (Å²) in [6.45, 7) is 3.84. The Morgan fingerprint density at radius 1 is 1.36 bits per heavy atom. The van der Waals surface area contributed by atoms with Gasteiger partial charge in [-0.2, -0.15) is 4.98 Å². The fourth-order valence-corrected chi connectivity index (χ4v) is 1.99. The van der Waals surface area contributed by atoms with Gasteiger partial charge in [0.15, 0.2) is 0 Å². The summed E-state index contributed by atoms with van der Waals surface area (Å²) in [5, 5.41) is 14.8. The van der Waals surface area contributed by atoms with Crippen LogP contribution in [0.5, 0.6) is 5.88 Å². The highest BCUT2D eigenvalue weighted by molar-refractivity contribution is 6.31. The lowest BCUT2D eigenvalue weighted by molar-refractivity contribution is -0.385. The molecule has 0 aliphatic rings. The number of rotatable bonds is 6. The van der Waals surface area contributed by atoms with Crippen molar-refractivity contribution in [1.82, 2.24) is 9.97 Å². The fourth-order valence-electron chi connectivity index (χ4n) is 1.79. The van der Waals surface area contributed by atoms with Crippen LogP contribution in [0.4, 0.5) is 11.5 Å². The zero-order chi connectivity index (χ0) is 16.1. The van der Waals surface area contributed by atoms with E-state index in [1.54, 1.807) is 19.9 Å². The van der Waals surface area contributed by atoms with Gasteiger partial charge in [-0.25, -0.2) is 4.98 Å². The Morgan fingerprint density at radius 3 is 2.73 bits per heavy atom. The molecule has 2 aromatic rings.